The van der Waals surface area contributed by atoms with Gasteiger partial charge in [0, 0.05) is 18.6 Å². The van der Waals surface area contributed by atoms with E-state index in [2.05, 4.69) is 18.2 Å². The summed E-state index contributed by atoms with van der Waals surface area (Å²) in [5.41, 5.74) is 0. The maximum absolute atomic E-state index is 4.10. The van der Waals surface area contributed by atoms with Gasteiger partial charge >= 0.3 is 0 Å². The normalized spacial score (nSPS) is 10.2. The number of hydrogen-bond donors (Lipinski definition) is 0. The second-order valence-electron chi connectivity index (χ2n) is 1.97. The molecule has 0 amide bonds. The lowest BCUT2D eigenvalue weighted by molar-refractivity contribution is 1.16. The van der Waals surface area contributed by atoms with Gasteiger partial charge in [-0.15, -0.1) is 0 Å². The Morgan fingerprint density at radius 1 is 1.45 bits per heavy atom. The van der Waals surface area contributed by atoms with Crippen LogP contribution in [0.2, 0.25) is 0 Å². The van der Waals surface area contributed by atoms with Gasteiger partial charge in [0.1, 0.15) is 5.82 Å². The molecular formula is C9H10N2. The SMILES string of the molecule is C=C/C=N\c1cccn1C=C. The molecule has 2 nitrogen and oxygen atoms in total. The number of allylic oxidation sites excluding steroid dienone is 1. The maximum atomic E-state index is 4.10. The van der Waals surface area contributed by atoms with Crippen LogP contribution in [0.4, 0.5) is 5.82 Å². The first-order valence-electron chi connectivity index (χ1n) is 3.33. The van der Waals surface area contributed by atoms with E-state index in [9.17, 15) is 0 Å². The Bertz CT molecular complexity index is 282. The van der Waals surface area contributed by atoms with Gasteiger partial charge < -0.3 is 4.57 Å². The zero-order chi connectivity index (χ0) is 8.10. The van der Waals surface area contributed by atoms with E-state index in [0.717, 1.165) is 5.82 Å². The fourth-order valence-corrected chi connectivity index (χ4v) is 0.777. The Labute approximate surface area is 66.2 Å². The first-order valence-corrected chi connectivity index (χ1v) is 3.33. The molecule has 0 aliphatic heterocycles. The molecule has 0 aliphatic carbocycles. The standard InChI is InChI=1S/C9H10N2/c1-3-7-10-9-6-5-8-11(9)4-2/h3-8H,1-2H2/b10-7-. The minimum absolute atomic E-state index is 0.861. The van der Waals surface area contributed by atoms with Gasteiger partial charge in [0.25, 0.3) is 0 Å². The van der Waals surface area contributed by atoms with Gasteiger partial charge in [-0.3, -0.25) is 0 Å². The monoisotopic (exact) mass is 146 g/mol. The summed E-state index contributed by atoms with van der Waals surface area (Å²) in [7, 11) is 0. The average Bonchev–Trinajstić information content (AvgIpc) is 2.47. The third-order valence-corrected chi connectivity index (χ3v) is 1.27. The molecule has 0 fully saturated rings. The van der Waals surface area contributed by atoms with Crippen molar-refractivity contribution >= 4 is 18.2 Å². The molecule has 1 rings (SSSR count). The summed E-state index contributed by atoms with van der Waals surface area (Å²) in [5, 5.41) is 0. The lowest BCUT2D eigenvalue weighted by atomic mass is 10.6. The lowest BCUT2D eigenvalue weighted by Gasteiger charge is -1.94. The van der Waals surface area contributed by atoms with Crippen molar-refractivity contribution in [1.29, 1.82) is 0 Å². The molecule has 0 aliphatic rings. The van der Waals surface area contributed by atoms with Gasteiger partial charge in [0.2, 0.25) is 0 Å². The molecule has 0 unspecified atom stereocenters. The number of nitrogens with zero attached hydrogens (tertiary/aromatic N) is 2. The summed E-state index contributed by atoms with van der Waals surface area (Å²) >= 11 is 0. The summed E-state index contributed by atoms with van der Waals surface area (Å²) in [6, 6.07) is 3.82. The van der Waals surface area contributed by atoms with E-state index in [-0.39, 0.29) is 0 Å². The van der Waals surface area contributed by atoms with Gasteiger partial charge in [0.05, 0.1) is 0 Å². The molecule has 11 heavy (non-hydrogen) atoms. The van der Waals surface area contributed by atoms with Crippen LogP contribution in [0.5, 0.6) is 0 Å². The van der Waals surface area contributed by atoms with Crippen molar-refractivity contribution in [2.45, 2.75) is 0 Å². The molecular weight excluding hydrogens is 136 g/mol. The van der Waals surface area contributed by atoms with Gasteiger partial charge in [0.15, 0.2) is 0 Å². The summed E-state index contributed by atoms with van der Waals surface area (Å²) in [4.78, 5) is 4.10. The van der Waals surface area contributed by atoms with E-state index in [0.29, 0.717) is 0 Å². The summed E-state index contributed by atoms with van der Waals surface area (Å²) < 4.78 is 1.83. The summed E-state index contributed by atoms with van der Waals surface area (Å²) in [6.07, 6.45) is 6.88. The predicted octanol–water partition coefficient (Wildman–Crippen LogP) is 2.48. The Morgan fingerprint density at radius 3 is 2.91 bits per heavy atom. The largest absolute Gasteiger partial charge is 0.309 e. The van der Waals surface area contributed by atoms with Crippen molar-refractivity contribution < 1.29 is 0 Å². The third kappa shape index (κ3) is 1.67. The van der Waals surface area contributed by atoms with E-state index in [1.165, 1.54) is 0 Å². The molecule has 2 heteroatoms. The van der Waals surface area contributed by atoms with Crippen LogP contribution in [0.3, 0.4) is 0 Å². The third-order valence-electron chi connectivity index (χ3n) is 1.27. The Hall–Kier alpha value is -1.57. The fraction of sp³-hybridized carbons (Fsp3) is 0. The van der Waals surface area contributed by atoms with Crippen LogP contribution in [0.1, 0.15) is 0 Å². The lowest BCUT2D eigenvalue weighted by Crippen LogP contribution is -1.79. The molecule has 56 valence electrons. The number of hydrogen-bond acceptors (Lipinski definition) is 1. The number of aromatic nitrogens is 1. The van der Waals surface area contributed by atoms with Crippen LogP contribution < -0.4 is 0 Å². The van der Waals surface area contributed by atoms with Crippen molar-refractivity contribution in [3.05, 3.63) is 37.6 Å². The summed E-state index contributed by atoms with van der Waals surface area (Å²) in [6.45, 7) is 7.17. The molecule has 1 aromatic rings. The van der Waals surface area contributed by atoms with Gasteiger partial charge in [-0.05, 0) is 12.1 Å². The van der Waals surface area contributed by atoms with E-state index < -0.39 is 0 Å². The molecule has 0 bridgehead atoms. The second-order valence-corrected chi connectivity index (χ2v) is 1.97. The molecule has 0 aromatic carbocycles. The van der Waals surface area contributed by atoms with Crippen molar-refractivity contribution in [3.8, 4) is 0 Å². The highest BCUT2D eigenvalue weighted by molar-refractivity contribution is 5.73. The zero-order valence-corrected chi connectivity index (χ0v) is 6.27. The molecule has 1 heterocycles. The van der Waals surface area contributed by atoms with Crippen molar-refractivity contribution in [1.82, 2.24) is 4.57 Å². The van der Waals surface area contributed by atoms with Gasteiger partial charge in [-0.25, -0.2) is 4.99 Å². The summed E-state index contributed by atoms with van der Waals surface area (Å²) in [5.74, 6) is 0.861. The van der Waals surface area contributed by atoms with Crippen LogP contribution in [0.25, 0.3) is 6.20 Å². The van der Waals surface area contributed by atoms with Crippen molar-refractivity contribution in [2.24, 2.45) is 4.99 Å². The molecule has 1 aromatic heterocycles. The van der Waals surface area contributed by atoms with E-state index in [1.54, 1.807) is 18.5 Å². The van der Waals surface area contributed by atoms with Crippen LogP contribution in [-0.2, 0) is 0 Å². The second kappa shape index (κ2) is 3.56. The van der Waals surface area contributed by atoms with Gasteiger partial charge in [-0.2, -0.15) is 0 Å². The Morgan fingerprint density at radius 2 is 2.27 bits per heavy atom. The average molecular weight is 146 g/mol. The maximum Gasteiger partial charge on any atom is 0.136 e. The topological polar surface area (TPSA) is 17.3 Å². The first-order chi connectivity index (χ1) is 5.38. The van der Waals surface area contributed by atoms with Crippen LogP contribution >= 0.6 is 0 Å². The molecule has 0 atom stereocenters. The molecule has 0 N–H and O–H groups in total. The molecule has 0 radical (unpaired) electrons. The Kier molecular flexibility index (Phi) is 2.44. The van der Waals surface area contributed by atoms with E-state index >= 15 is 0 Å². The first kappa shape index (κ1) is 7.54. The van der Waals surface area contributed by atoms with E-state index in [1.807, 2.05) is 22.9 Å². The quantitative estimate of drug-likeness (QED) is 0.583. The fourth-order valence-electron chi connectivity index (χ4n) is 0.777. The number of rotatable bonds is 3. The molecule has 0 spiro atoms. The smallest absolute Gasteiger partial charge is 0.136 e. The van der Waals surface area contributed by atoms with Crippen LogP contribution in [0.15, 0.2) is 42.6 Å². The van der Waals surface area contributed by atoms with Crippen molar-refractivity contribution in [2.75, 3.05) is 0 Å². The molecule has 0 saturated carbocycles. The van der Waals surface area contributed by atoms with Crippen LogP contribution in [-0.4, -0.2) is 10.8 Å². The predicted molar refractivity (Wildman–Crippen MR) is 49.2 cm³/mol. The van der Waals surface area contributed by atoms with Crippen LogP contribution in [0, 0.1) is 0 Å². The zero-order valence-electron chi connectivity index (χ0n) is 6.27. The van der Waals surface area contributed by atoms with Gasteiger partial charge in [-0.1, -0.05) is 19.2 Å². The highest BCUT2D eigenvalue weighted by atomic mass is 15.0. The number of aliphatic imine (C=N–C) groups is 1. The minimum Gasteiger partial charge on any atom is -0.309 e. The Balaban J connectivity index is 2.92. The highest BCUT2D eigenvalue weighted by Crippen LogP contribution is 2.11. The highest BCUT2D eigenvalue weighted by Gasteiger charge is 1.90. The molecule has 0 saturated heterocycles. The minimum atomic E-state index is 0.861. The van der Waals surface area contributed by atoms with Crippen molar-refractivity contribution in [3.63, 3.8) is 0 Å². The van der Waals surface area contributed by atoms with E-state index in [4.69, 9.17) is 0 Å².